The Kier molecular flexibility index (Phi) is 4.07. The van der Waals surface area contributed by atoms with Crippen LogP contribution >= 0.6 is 11.6 Å². The lowest BCUT2D eigenvalue weighted by atomic mass is 10.2. The van der Waals surface area contributed by atoms with E-state index in [2.05, 4.69) is 29.2 Å². The van der Waals surface area contributed by atoms with Gasteiger partial charge >= 0.3 is 0 Å². The van der Waals surface area contributed by atoms with Crippen molar-refractivity contribution in [2.45, 2.75) is 39.9 Å². The minimum Gasteiger partial charge on any atom is -0.312 e. The molecule has 1 aliphatic rings. The van der Waals surface area contributed by atoms with Crippen LogP contribution < -0.4 is 5.32 Å². The highest BCUT2D eigenvalue weighted by atomic mass is 35.5. The van der Waals surface area contributed by atoms with Crippen LogP contribution in [0.4, 0.5) is 0 Å². The summed E-state index contributed by atoms with van der Waals surface area (Å²) in [5, 5.41) is 8.74. The van der Waals surface area contributed by atoms with Gasteiger partial charge in [-0.15, -0.1) is 0 Å². The Balaban J connectivity index is 2.12. The van der Waals surface area contributed by atoms with Crippen molar-refractivity contribution >= 4 is 11.6 Å². The molecular weight excluding hydrogens is 236 g/mol. The van der Waals surface area contributed by atoms with Crippen LogP contribution in [0.3, 0.4) is 0 Å². The van der Waals surface area contributed by atoms with Crippen LogP contribution in [0.1, 0.15) is 25.2 Å². The first-order valence-corrected chi connectivity index (χ1v) is 6.67. The van der Waals surface area contributed by atoms with Gasteiger partial charge in [0.25, 0.3) is 0 Å². The molecule has 1 aromatic rings. The molecule has 0 radical (unpaired) electrons. The SMILES string of the molecule is CCn1nc(C)c(Cl)c1CN1CCNC(C)C1. The van der Waals surface area contributed by atoms with E-state index in [-0.39, 0.29) is 0 Å². The van der Waals surface area contributed by atoms with Crippen molar-refractivity contribution in [2.75, 3.05) is 19.6 Å². The zero-order chi connectivity index (χ0) is 12.4. The Morgan fingerprint density at radius 2 is 2.29 bits per heavy atom. The predicted molar refractivity (Wildman–Crippen MR) is 70.4 cm³/mol. The molecule has 5 heteroatoms. The van der Waals surface area contributed by atoms with Crippen LogP contribution in [0.15, 0.2) is 0 Å². The van der Waals surface area contributed by atoms with E-state index in [1.54, 1.807) is 0 Å². The molecule has 2 heterocycles. The molecule has 17 heavy (non-hydrogen) atoms. The quantitative estimate of drug-likeness (QED) is 0.893. The molecule has 2 rings (SSSR count). The van der Waals surface area contributed by atoms with E-state index < -0.39 is 0 Å². The Labute approximate surface area is 108 Å². The zero-order valence-electron chi connectivity index (χ0n) is 10.8. The number of piperazine rings is 1. The third-order valence-electron chi connectivity index (χ3n) is 3.28. The molecule has 0 amide bonds. The third-order valence-corrected chi connectivity index (χ3v) is 3.77. The maximum absolute atomic E-state index is 6.32. The summed E-state index contributed by atoms with van der Waals surface area (Å²) >= 11 is 6.32. The van der Waals surface area contributed by atoms with E-state index in [0.717, 1.165) is 49.1 Å². The molecule has 4 nitrogen and oxygen atoms in total. The second kappa shape index (κ2) is 5.38. The summed E-state index contributed by atoms with van der Waals surface area (Å²) in [6, 6.07) is 0.557. The third kappa shape index (κ3) is 2.81. The van der Waals surface area contributed by atoms with E-state index in [1.807, 2.05) is 11.6 Å². The minimum absolute atomic E-state index is 0.557. The summed E-state index contributed by atoms with van der Waals surface area (Å²) in [5.41, 5.74) is 2.09. The molecule has 1 atom stereocenters. The van der Waals surface area contributed by atoms with Crippen LogP contribution in [0, 0.1) is 6.92 Å². The van der Waals surface area contributed by atoms with Crippen LogP contribution in [-0.2, 0) is 13.1 Å². The van der Waals surface area contributed by atoms with Crippen molar-refractivity contribution < 1.29 is 0 Å². The highest BCUT2D eigenvalue weighted by molar-refractivity contribution is 6.31. The van der Waals surface area contributed by atoms with E-state index in [1.165, 1.54) is 0 Å². The summed E-state index contributed by atoms with van der Waals surface area (Å²) in [5.74, 6) is 0. The summed E-state index contributed by atoms with van der Waals surface area (Å²) in [6.45, 7) is 11.3. The second-order valence-corrected chi connectivity index (χ2v) is 5.13. The molecule has 1 fully saturated rings. The number of rotatable bonds is 3. The summed E-state index contributed by atoms with van der Waals surface area (Å²) < 4.78 is 2.02. The molecule has 0 saturated carbocycles. The minimum atomic E-state index is 0.557. The fourth-order valence-corrected chi connectivity index (χ4v) is 2.58. The number of hydrogen-bond acceptors (Lipinski definition) is 3. The van der Waals surface area contributed by atoms with Crippen LogP contribution in [0.2, 0.25) is 5.02 Å². The van der Waals surface area contributed by atoms with Crippen LogP contribution in [0.5, 0.6) is 0 Å². The lowest BCUT2D eigenvalue weighted by Crippen LogP contribution is -2.48. The van der Waals surface area contributed by atoms with Crippen molar-refractivity contribution in [2.24, 2.45) is 0 Å². The second-order valence-electron chi connectivity index (χ2n) is 4.75. The topological polar surface area (TPSA) is 33.1 Å². The normalized spacial score (nSPS) is 22.0. The van der Waals surface area contributed by atoms with Crippen LogP contribution in [0.25, 0.3) is 0 Å². The first-order valence-electron chi connectivity index (χ1n) is 6.29. The van der Waals surface area contributed by atoms with E-state index in [4.69, 9.17) is 11.6 Å². The monoisotopic (exact) mass is 256 g/mol. The maximum atomic E-state index is 6.32. The van der Waals surface area contributed by atoms with E-state index >= 15 is 0 Å². The smallest absolute Gasteiger partial charge is 0.0860 e. The highest BCUT2D eigenvalue weighted by Crippen LogP contribution is 2.22. The Hall–Kier alpha value is -0.580. The van der Waals surface area contributed by atoms with Gasteiger partial charge in [0.05, 0.1) is 16.4 Å². The van der Waals surface area contributed by atoms with E-state index in [0.29, 0.717) is 6.04 Å². The van der Waals surface area contributed by atoms with Gasteiger partial charge in [-0.2, -0.15) is 5.10 Å². The van der Waals surface area contributed by atoms with Crippen molar-refractivity contribution in [1.29, 1.82) is 0 Å². The first kappa shape index (κ1) is 12.9. The molecular formula is C12H21ClN4. The van der Waals surface area contributed by atoms with Gasteiger partial charge in [0.1, 0.15) is 0 Å². The maximum Gasteiger partial charge on any atom is 0.0860 e. The average molecular weight is 257 g/mol. The van der Waals surface area contributed by atoms with Crippen LogP contribution in [-0.4, -0.2) is 40.4 Å². The van der Waals surface area contributed by atoms with Gasteiger partial charge in [-0.3, -0.25) is 9.58 Å². The Bertz CT molecular complexity index is 388. The average Bonchev–Trinajstić information content (AvgIpc) is 2.57. The van der Waals surface area contributed by atoms with Crippen molar-refractivity contribution in [3.63, 3.8) is 0 Å². The molecule has 1 saturated heterocycles. The Morgan fingerprint density at radius 1 is 1.53 bits per heavy atom. The molecule has 0 aromatic carbocycles. The highest BCUT2D eigenvalue weighted by Gasteiger charge is 2.20. The number of halogens is 1. The molecule has 0 bridgehead atoms. The van der Waals surface area contributed by atoms with Gasteiger partial charge in [-0.05, 0) is 20.8 Å². The molecule has 1 N–H and O–H groups in total. The lowest BCUT2D eigenvalue weighted by Gasteiger charge is -2.31. The number of aryl methyl sites for hydroxylation is 2. The number of hydrogen-bond donors (Lipinski definition) is 1. The standard InChI is InChI=1S/C12H21ClN4/c1-4-17-11(12(13)10(3)15-17)8-16-6-5-14-9(2)7-16/h9,14H,4-8H2,1-3H3. The number of nitrogens with one attached hydrogen (secondary N) is 1. The van der Waals surface area contributed by atoms with Gasteiger partial charge in [0.15, 0.2) is 0 Å². The first-order chi connectivity index (χ1) is 8.11. The molecule has 96 valence electrons. The van der Waals surface area contributed by atoms with Gasteiger partial charge in [-0.1, -0.05) is 11.6 Å². The molecule has 0 spiro atoms. The number of aromatic nitrogens is 2. The van der Waals surface area contributed by atoms with Gasteiger partial charge in [0, 0.05) is 38.8 Å². The molecule has 1 unspecified atom stereocenters. The summed E-state index contributed by atoms with van der Waals surface area (Å²) in [4.78, 5) is 2.44. The van der Waals surface area contributed by atoms with Crippen molar-refractivity contribution in [3.8, 4) is 0 Å². The van der Waals surface area contributed by atoms with Gasteiger partial charge < -0.3 is 5.32 Å². The Morgan fingerprint density at radius 3 is 2.94 bits per heavy atom. The molecule has 1 aliphatic heterocycles. The van der Waals surface area contributed by atoms with E-state index in [9.17, 15) is 0 Å². The molecule has 0 aliphatic carbocycles. The van der Waals surface area contributed by atoms with Gasteiger partial charge in [-0.25, -0.2) is 0 Å². The zero-order valence-corrected chi connectivity index (χ0v) is 11.6. The molecule has 1 aromatic heterocycles. The fraction of sp³-hybridized carbons (Fsp3) is 0.750. The summed E-state index contributed by atoms with van der Waals surface area (Å²) in [7, 11) is 0. The van der Waals surface area contributed by atoms with Gasteiger partial charge in [0.2, 0.25) is 0 Å². The predicted octanol–water partition coefficient (Wildman–Crippen LogP) is 1.66. The lowest BCUT2D eigenvalue weighted by molar-refractivity contribution is 0.195. The largest absolute Gasteiger partial charge is 0.312 e. The summed E-state index contributed by atoms with van der Waals surface area (Å²) in [6.07, 6.45) is 0. The fourth-order valence-electron chi connectivity index (χ4n) is 2.39. The van der Waals surface area contributed by atoms with Crippen molar-refractivity contribution in [3.05, 3.63) is 16.4 Å². The number of nitrogens with zero attached hydrogens (tertiary/aromatic N) is 3. The van der Waals surface area contributed by atoms with Crippen molar-refractivity contribution in [1.82, 2.24) is 20.0 Å².